The van der Waals surface area contributed by atoms with Crippen LogP contribution >= 0.6 is 15.9 Å². The molecule has 0 aliphatic heterocycles. The van der Waals surface area contributed by atoms with E-state index in [1.807, 2.05) is 54.6 Å². The number of benzene rings is 2. The van der Waals surface area contributed by atoms with Gasteiger partial charge in [-0.15, -0.1) is 0 Å². The van der Waals surface area contributed by atoms with Crippen LogP contribution in [0.3, 0.4) is 0 Å². The van der Waals surface area contributed by atoms with E-state index in [-0.39, 0.29) is 0 Å². The number of pyridine rings is 1. The number of ether oxygens (including phenoxy) is 2. The number of fused-ring (bicyclic) bond motifs is 1. The molecule has 26 heavy (non-hydrogen) atoms. The van der Waals surface area contributed by atoms with Crippen LogP contribution in [0.15, 0.2) is 65.3 Å². The summed E-state index contributed by atoms with van der Waals surface area (Å²) in [5.41, 5.74) is 3.45. The summed E-state index contributed by atoms with van der Waals surface area (Å²) < 4.78 is 12.3. The van der Waals surface area contributed by atoms with E-state index in [2.05, 4.69) is 30.9 Å². The zero-order valence-corrected chi connectivity index (χ0v) is 15.7. The Balaban J connectivity index is 1.67. The van der Waals surface area contributed by atoms with Gasteiger partial charge in [-0.05, 0) is 45.8 Å². The van der Waals surface area contributed by atoms with Gasteiger partial charge in [-0.3, -0.25) is 0 Å². The summed E-state index contributed by atoms with van der Waals surface area (Å²) in [6, 6.07) is 17.7. The number of aromatic amines is 1. The minimum Gasteiger partial charge on any atom is -0.496 e. The standard InChI is InChI=1S/C20H16BrN3O2/c1-25-18-8-7-15(26-12-13-5-3-2-4-6-13)10-16(18)19-23-17-9-14(21)11-22-20(17)24-19/h2-11H,12H2,1H3,(H,22,23,24). The molecular weight excluding hydrogens is 394 g/mol. The van der Waals surface area contributed by atoms with E-state index in [1.54, 1.807) is 13.3 Å². The Labute approximate surface area is 159 Å². The Bertz CT molecular complexity index is 1050. The minimum absolute atomic E-state index is 0.501. The smallest absolute Gasteiger partial charge is 0.178 e. The maximum atomic E-state index is 5.93. The van der Waals surface area contributed by atoms with Crippen molar-refractivity contribution < 1.29 is 9.47 Å². The third-order valence-corrected chi connectivity index (χ3v) is 4.41. The van der Waals surface area contributed by atoms with Crippen LogP contribution in [0, 0.1) is 0 Å². The lowest BCUT2D eigenvalue weighted by Gasteiger charge is -2.10. The first kappa shape index (κ1) is 16.6. The molecule has 0 bridgehead atoms. The molecule has 4 rings (SSSR count). The van der Waals surface area contributed by atoms with Crippen molar-refractivity contribution in [3.05, 3.63) is 70.8 Å². The van der Waals surface area contributed by atoms with E-state index in [1.165, 1.54) is 0 Å². The second-order valence-electron chi connectivity index (χ2n) is 5.75. The second-order valence-corrected chi connectivity index (χ2v) is 6.66. The molecule has 1 N–H and O–H groups in total. The van der Waals surface area contributed by atoms with Crippen LogP contribution < -0.4 is 9.47 Å². The van der Waals surface area contributed by atoms with E-state index >= 15 is 0 Å². The van der Waals surface area contributed by atoms with E-state index in [4.69, 9.17) is 9.47 Å². The Morgan fingerprint density at radius 3 is 2.73 bits per heavy atom. The zero-order chi connectivity index (χ0) is 17.9. The largest absolute Gasteiger partial charge is 0.496 e. The molecule has 0 aliphatic carbocycles. The van der Waals surface area contributed by atoms with E-state index < -0.39 is 0 Å². The van der Waals surface area contributed by atoms with Gasteiger partial charge in [0, 0.05) is 10.7 Å². The molecular formula is C20H16BrN3O2. The molecule has 2 aromatic carbocycles. The van der Waals surface area contributed by atoms with Gasteiger partial charge in [-0.25, -0.2) is 9.97 Å². The number of aromatic nitrogens is 3. The van der Waals surface area contributed by atoms with Gasteiger partial charge >= 0.3 is 0 Å². The molecule has 2 heterocycles. The third kappa shape index (κ3) is 3.41. The number of nitrogens with one attached hydrogen (secondary N) is 1. The van der Waals surface area contributed by atoms with Gasteiger partial charge in [0.2, 0.25) is 0 Å². The topological polar surface area (TPSA) is 60.0 Å². The van der Waals surface area contributed by atoms with Gasteiger partial charge in [0.1, 0.15) is 23.9 Å². The zero-order valence-electron chi connectivity index (χ0n) is 14.1. The van der Waals surface area contributed by atoms with Crippen LogP contribution in [-0.2, 0) is 6.61 Å². The van der Waals surface area contributed by atoms with Crippen LogP contribution in [0.4, 0.5) is 0 Å². The van der Waals surface area contributed by atoms with Gasteiger partial charge in [0.15, 0.2) is 5.65 Å². The predicted octanol–water partition coefficient (Wildman–Crippen LogP) is 4.98. The number of rotatable bonds is 5. The first-order valence-electron chi connectivity index (χ1n) is 8.09. The highest BCUT2D eigenvalue weighted by Crippen LogP contribution is 2.33. The average Bonchev–Trinajstić information content (AvgIpc) is 3.10. The third-order valence-electron chi connectivity index (χ3n) is 3.98. The molecule has 0 radical (unpaired) electrons. The maximum absolute atomic E-state index is 5.93. The van der Waals surface area contributed by atoms with Crippen LogP contribution in [-0.4, -0.2) is 22.1 Å². The Kier molecular flexibility index (Phi) is 4.58. The van der Waals surface area contributed by atoms with Crippen molar-refractivity contribution in [3.63, 3.8) is 0 Å². The lowest BCUT2D eigenvalue weighted by molar-refractivity contribution is 0.305. The average molecular weight is 410 g/mol. The van der Waals surface area contributed by atoms with Crippen molar-refractivity contribution in [1.82, 2.24) is 15.0 Å². The normalized spacial score (nSPS) is 10.8. The molecule has 0 atom stereocenters. The van der Waals surface area contributed by atoms with Crippen LogP contribution in [0.2, 0.25) is 0 Å². The van der Waals surface area contributed by atoms with Crippen molar-refractivity contribution in [2.45, 2.75) is 6.61 Å². The summed E-state index contributed by atoms with van der Waals surface area (Å²) in [6.45, 7) is 0.501. The summed E-state index contributed by atoms with van der Waals surface area (Å²) >= 11 is 3.43. The Morgan fingerprint density at radius 1 is 1.08 bits per heavy atom. The van der Waals surface area contributed by atoms with Crippen molar-refractivity contribution in [2.24, 2.45) is 0 Å². The highest BCUT2D eigenvalue weighted by molar-refractivity contribution is 9.10. The maximum Gasteiger partial charge on any atom is 0.178 e. The lowest BCUT2D eigenvalue weighted by atomic mass is 10.1. The Morgan fingerprint density at radius 2 is 1.92 bits per heavy atom. The van der Waals surface area contributed by atoms with Crippen LogP contribution in [0.1, 0.15) is 5.56 Å². The van der Waals surface area contributed by atoms with Gasteiger partial charge in [-0.1, -0.05) is 30.3 Å². The summed E-state index contributed by atoms with van der Waals surface area (Å²) in [5.74, 6) is 2.15. The van der Waals surface area contributed by atoms with Gasteiger partial charge in [-0.2, -0.15) is 0 Å². The quantitative estimate of drug-likeness (QED) is 0.505. The van der Waals surface area contributed by atoms with E-state index in [0.717, 1.165) is 32.6 Å². The monoisotopic (exact) mass is 409 g/mol. The van der Waals surface area contributed by atoms with Gasteiger partial charge in [0.05, 0.1) is 18.2 Å². The molecule has 5 nitrogen and oxygen atoms in total. The molecule has 0 saturated heterocycles. The van der Waals surface area contributed by atoms with Crippen LogP contribution in [0.5, 0.6) is 11.5 Å². The second kappa shape index (κ2) is 7.17. The number of H-pyrrole nitrogens is 1. The molecule has 130 valence electrons. The number of hydrogen-bond acceptors (Lipinski definition) is 4. The lowest BCUT2D eigenvalue weighted by Crippen LogP contribution is -1.96. The highest BCUT2D eigenvalue weighted by Gasteiger charge is 2.13. The first-order valence-corrected chi connectivity index (χ1v) is 8.88. The summed E-state index contributed by atoms with van der Waals surface area (Å²) in [4.78, 5) is 12.2. The fraction of sp³-hybridized carbons (Fsp3) is 0.100. The highest BCUT2D eigenvalue weighted by atomic mass is 79.9. The van der Waals surface area contributed by atoms with Gasteiger partial charge in [0.25, 0.3) is 0 Å². The molecule has 6 heteroatoms. The fourth-order valence-electron chi connectivity index (χ4n) is 2.70. The van der Waals surface area contributed by atoms with Crippen molar-refractivity contribution in [2.75, 3.05) is 7.11 Å². The summed E-state index contributed by atoms with van der Waals surface area (Å²) in [7, 11) is 1.64. The van der Waals surface area contributed by atoms with E-state index in [0.29, 0.717) is 18.1 Å². The number of methoxy groups -OCH3 is 1. The van der Waals surface area contributed by atoms with Crippen molar-refractivity contribution >= 4 is 27.1 Å². The predicted molar refractivity (Wildman–Crippen MR) is 104 cm³/mol. The molecule has 0 amide bonds. The molecule has 4 aromatic rings. The minimum atomic E-state index is 0.501. The molecule has 0 spiro atoms. The molecule has 0 fully saturated rings. The van der Waals surface area contributed by atoms with Crippen molar-refractivity contribution in [3.8, 4) is 22.9 Å². The molecule has 0 saturated carbocycles. The number of imidazole rings is 1. The number of halogens is 1. The van der Waals surface area contributed by atoms with E-state index in [9.17, 15) is 0 Å². The fourth-order valence-corrected chi connectivity index (χ4v) is 3.04. The number of nitrogens with zero attached hydrogens (tertiary/aromatic N) is 2. The van der Waals surface area contributed by atoms with Crippen LogP contribution in [0.25, 0.3) is 22.6 Å². The molecule has 0 unspecified atom stereocenters. The molecule has 2 aromatic heterocycles. The summed E-state index contributed by atoms with van der Waals surface area (Å²) in [6.07, 6.45) is 1.73. The molecule has 0 aliphatic rings. The first-order chi connectivity index (χ1) is 12.7. The van der Waals surface area contributed by atoms with Crippen molar-refractivity contribution in [1.29, 1.82) is 0 Å². The van der Waals surface area contributed by atoms with Gasteiger partial charge < -0.3 is 14.5 Å². The Hall–Kier alpha value is -2.86. The number of hydrogen-bond donors (Lipinski definition) is 1. The summed E-state index contributed by atoms with van der Waals surface area (Å²) in [5, 5.41) is 0. The SMILES string of the molecule is COc1ccc(OCc2ccccc2)cc1-c1nc2ncc(Br)cc2[nH]1.